The van der Waals surface area contributed by atoms with Crippen LogP contribution in [0.3, 0.4) is 0 Å². The second-order valence-electron chi connectivity index (χ2n) is 5.79. The molecule has 3 heteroatoms. The molecule has 2 aromatic carbocycles. The molecule has 2 aromatic rings. The minimum absolute atomic E-state index is 0.0775. The van der Waals surface area contributed by atoms with Crippen molar-refractivity contribution in [3.8, 4) is 0 Å². The number of aryl methyl sites for hydroxylation is 1. The first-order chi connectivity index (χ1) is 10.2. The molecule has 1 N–H and O–H groups in total. The zero-order valence-corrected chi connectivity index (χ0v) is 12.5. The first-order valence-electron chi connectivity index (χ1n) is 7.61. The molecule has 1 aliphatic rings. The molecule has 0 aromatic heterocycles. The van der Waals surface area contributed by atoms with Crippen molar-refractivity contribution in [2.75, 3.05) is 31.1 Å². The lowest BCUT2D eigenvalue weighted by atomic mass is 10.1. The van der Waals surface area contributed by atoms with Crippen LogP contribution >= 0.6 is 0 Å². The van der Waals surface area contributed by atoms with Crippen molar-refractivity contribution in [3.63, 3.8) is 0 Å². The van der Waals surface area contributed by atoms with Gasteiger partial charge in [0.25, 0.3) is 0 Å². The average molecular weight is 285 g/mol. The normalized spacial score (nSPS) is 16.2. The van der Waals surface area contributed by atoms with Crippen LogP contribution in [0.4, 0.5) is 10.1 Å². The van der Waals surface area contributed by atoms with Crippen LogP contribution < -0.4 is 9.80 Å². The van der Waals surface area contributed by atoms with E-state index in [0.29, 0.717) is 0 Å². The lowest BCUT2D eigenvalue weighted by molar-refractivity contribution is -0.914. The van der Waals surface area contributed by atoms with Crippen LogP contribution in [0.15, 0.2) is 48.5 Å². The van der Waals surface area contributed by atoms with Gasteiger partial charge in [-0.3, -0.25) is 0 Å². The van der Waals surface area contributed by atoms with Gasteiger partial charge in [0.1, 0.15) is 12.4 Å². The van der Waals surface area contributed by atoms with Gasteiger partial charge in [0, 0.05) is 11.3 Å². The summed E-state index contributed by atoms with van der Waals surface area (Å²) in [6.07, 6.45) is 0. The number of nitrogens with one attached hydrogen (secondary N) is 1. The van der Waals surface area contributed by atoms with E-state index in [-0.39, 0.29) is 5.82 Å². The number of para-hydroxylation sites is 1. The van der Waals surface area contributed by atoms with Crippen molar-refractivity contribution in [1.29, 1.82) is 0 Å². The van der Waals surface area contributed by atoms with Crippen LogP contribution in [0.5, 0.6) is 0 Å². The number of rotatable bonds is 3. The summed E-state index contributed by atoms with van der Waals surface area (Å²) >= 11 is 0. The molecule has 0 aliphatic carbocycles. The molecule has 1 fully saturated rings. The van der Waals surface area contributed by atoms with Gasteiger partial charge in [-0.2, -0.15) is 0 Å². The topological polar surface area (TPSA) is 7.68 Å². The molecule has 1 heterocycles. The molecular formula is C18H22FN2+. The van der Waals surface area contributed by atoms with Crippen molar-refractivity contribution in [3.05, 3.63) is 65.5 Å². The number of hydrogen-bond acceptors (Lipinski definition) is 1. The maximum atomic E-state index is 13.7. The van der Waals surface area contributed by atoms with Crippen molar-refractivity contribution < 1.29 is 9.29 Å². The lowest BCUT2D eigenvalue weighted by Crippen LogP contribution is -3.13. The molecule has 0 atom stereocenters. The van der Waals surface area contributed by atoms with E-state index in [1.165, 1.54) is 16.2 Å². The fourth-order valence-electron chi connectivity index (χ4n) is 3.07. The van der Waals surface area contributed by atoms with Gasteiger partial charge in [0.15, 0.2) is 0 Å². The highest BCUT2D eigenvalue weighted by atomic mass is 19.1. The van der Waals surface area contributed by atoms with Gasteiger partial charge in [-0.1, -0.05) is 36.4 Å². The zero-order chi connectivity index (χ0) is 14.7. The molecule has 0 radical (unpaired) electrons. The first kappa shape index (κ1) is 14.1. The predicted molar refractivity (Wildman–Crippen MR) is 84.2 cm³/mol. The largest absolute Gasteiger partial charge is 0.360 e. The quantitative estimate of drug-likeness (QED) is 0.907. The van der Waals surface area contributed by atoms with Crippen LogP contribution in [0.25, 0.3) is 0 Å². The van der Waals surface area contributed by atoms with E-state index in [2.05, 4.69) is 36.1 Å². The minimum Gasteiger partial charge on any atom is -0.360 e. The van der Waals surface area contributed by atoms with Crippen LogP contribution in [0.2, 0.25) is 0 Å². The van der Waals surface area contributed by atoms with E-state index < -0.39 is 0 Å². The van der Waals surface area contributed by atoms with E-state index in [9.17, 15) is 4.39 Å². The molecule has 1 aliphatic heterocycles. The van der Waals surface area contributed by atoms with Crippen LogP contribution in [-0.2, 0) is 6.54 Å². The summed E-state index contributed by atoms with van der Waals surface area (Å²) in [5.41, 5.74) is 3.49. The van der Waals surface area contributed by atoms with Gasteiger partial charge >= 0.3 is 0 Å². The minimum atomic E-state index is -0.0775. The Bertz CT molecular complexity index is 604. The van der Waals surface area contributed by atoms with Gasteiger partial charge in [0.2, 0.25) is 0 Å². The third-order valence-electron chi connectivity index (χ3n) is 4.32. The Morgan fingerprint density at radius 1 is 1.00 bits per heavy atom. The standard InChI is InChI=1S/C18H21FN2/c1-15-6-2-5-9-18(15)21-12-10-20(11-13-21)14-16-7-3-4-8-17(16)19/h2-9H,10-14H2,1H3/p+1. The monoisotopic (exact) mass is 285 g/mol. The van der Waals surface area contributed by atoms with Gasteiger partial charge in [-0.05, 0) is 24.6 Å². The Kier molecular flexibility index (Phi) is 4.20. The Hall–Kier alpha value is -1.87. The molecule has 110 valence electrons. The fraction of sp³-hybridized carbons (Fsp3) is 0.333. The Morgan fingerprint density at radius 3 is 2.38 bits per heavy atom. The Labute approximate surface area is 125 Å². The predicted octanol–water partition coefficient (Wildman–Crippen LogP) is 2.04. The number of halogens is 1. The summed E-state index contributed by atoms with van der Waals surface area (Å²) in [5, 5.41) is 0. The molecule has 3 rings (SSSR count). The molecule has 1 saturated heterocycles. The molecule has 0 amide bonds. The number of nitrogens with zero attached hydrogens (tertiary/aromatic N) is 1. The van der Waals surface area contributed by atoms with Crippen molar-refractivity contribution >= 4 is 5.69 Å². The fourth-order valence-corrected chi connectivity index (χ4v) is 3.07. The number of piperazine rings is 1. The summed E-state index contributed by atoms with van der Waals surface area (Å²) in [7, 11) is 0. The maximum Gasteiger partial charge on any atom is 0.132 e. The van der Waals surface area contributed by atoms with Gasteiger partial charge < -0.3 is 9.80 Å². The van der Waals surface area contributed by atoms with E-state index in [1.54, 1.807) is 12.1 Å². The third-order valence-corrected chi connectivity index (χ3v) is 4.32. The second kappa shape index (κ2) is 6.27. The third kappa shape index (κ3) is 3.24. The van der Waals surface area contributed by atoms with Crippen LogP contribution in [0.1, 0.15) is 11.1 Å². The smallest absolute Gasteiger partial charge is 0.132 e. The van der Waals surface area contributed by atoms with Gasteiger partial charge in [0.05, 0.1) is 26.2 Å². The molecule has 0 saturated carbocycles. The van der Waals surface area contributed by atoms with E-state index in [4.69, 9.17) is 0 Å². The van der Waals surface area contributed by atoms with Crippen molar-refractivity contribution in [2.24, 2.45) is 0 Å². The highest BCUT2D eigenvalue weighted by Crippen LogP contribution is 2.18. The SMILES string of the molecule is Cc1ccccc1N1CC[NH+](Cc2ccccc2F)CC1. The lowest BCUT2D eigenvalue weighted by Gasteiger charge is -2.34. The maximum absolute atomic E-state index is 13.7. The number of benzene rings is 2. The highest BCUT2D eigenvalue weighted by molar-refractivity contribution is 5.53. The molecule has 0 bridgehead atoms. The number of hydrogen-bond donors (Lipinski definition) is 1. The van der Waals surface area contributed by atoms with E-state index in [1.807, 2.05) is 12.1 Å². The van der Waals surface area contributed by atoms with Crippen LogP contribution in [-0.4, -0.2) is 26.2 Å². The summed E-state index contributed by atoms with van der Waals surface area (Å²) in [6.45, 7) is 7.14. The molecule has 21 heavy (non-hydrogen) atoms. The molecule has 2 nitrogen and oxygen atoms in total. The van der Waals surface area contributed by atoms with Crippen molar-refractivity contribution in [2.45, 2.75) is 13.5 Å². The van der Waals surface area contributed by atoms with Gasteiger partial charge in [-0.15, -0.1) is 0 Å². The summed E-state index contributed by atoms with van der Waals surface area (Å²) in [4.78, 5) is 3.91. The summed E-state index contributed by atoms with van der Waals surface area (Å²) in [5.74, 6) is -0.0775. The van der Waals surface area contributed by atoms with Crippen LogP contribution in [0, 0.1) is 12.7 Å². The summed E-state index contributed by atoms with van der Waals surface area (Å²) < 4.78 is 13.7. The average Bonchev–Trinajstić information content (AvgIpc) is 2.51. The van der Waals surface area contributed by atoms with Gasteiger partial charge in [-0.25, -0.2) is 4.39 Å². The number of quaternary nitrogens is 1. The van der Waals surface area contributed by atoms with E-state index >= 15 is 0 Å². The first-order valence-corrected chi connectivity index (χ1v) is 7.61. The van der Waals surface area contributed by atoms with Crippen molar-refractivity contribution in [1.82, 2.24) is 0 Å². The second-order valence-corrected chi connectivity index (χ2v) is 5.79. The molecule has 0 spiro atoms. The molecular weight excluding hydrogens is 263 g/mol. The highest BCUT2D eigenvalue weighted by Gasteiger charge is 2.21. The molecule has 0 unspecified atom stereocenters. The zero-order valence-electron chi connectivity index (χ0n) is 12.5. The summed E-state index contributed by atoms with van der Waals surface area (Å²) in [6, 6.07) is 15.7. The van der Waals surface area contributed by atoms with E-state index in [0.717, 1.165) is 38.3 Å². The Balaban J connectivity index is 1.61. The number of anilines is 1. The Morgan fingerprint density at radius 2 is 1.67 bits per heavy atom.